The van der Waals surface area contributed by atoms with Crippen LogP contribution >= 0.6 is 15.9 Å². The number of rotatable bonds is 8. The van der Waals surface area contributed by atoms with Gasteiger partial charge in [-0.05, 0) is 36.5 Å². The molecule has 0 amide bonds. The SMILES string of the molecule is CCCc1ccc(S(=O)(=O)NCC(Br)CC(C)C)cc1. The van der Waals surface area contributed by atoms with E-state index in [0.717, 1.165) is 19.3 Å². The van der Waals surface area contributed by atoms with Crippen LogP contribution in [0.25, 0.3) is 0 Å². The Morgan fingerprint density at radius 1 is 1.20 bits per heavy atom. The monoisotopic (exact) mass is 361 g/mol. The molecular weight excluding hydrogens is 338 g/mol. The van der Waals surface area contributed by atoms with Crippen LogP contribution in [0.3, 0.4) is 0 Å². The van der Waals surface area contributed by atoms with Crippen LogP contribution in [0.5, 0.6) is 0 Å². The van der Waals surface area contributed by atoms with Crippen LogP contribution in [-0.4, -0.2) is 19.8 Å². The molecule has 0 bridgehead atoms. The molecule has 0 fully saturated rings. The van der Waals surface area contributed by atoms with Gasteiger partial charge in [-0.2, -0.15) is 0 Å². The van der Waals surface area contributed by atoms with Gasteiger partial charge >= 0.3 is 0 Å². The highest BCUT2D eigenvalue weighted by molar-refractivity contribution is 9.09. The third kappa shape index (κ3) is 5.94. The van der Waals surface area contributed by atoms with E-state index < -0.39 is 10.0 Å². The van der Waals surface area contributed by atoms with Crippen molar-refractivity contribution in [3.8, 4) is 0 Å². The molecule has 1 atom stereocenters. The topological polar surface area (TPSA) is 46.2 Å². The predicted molar refractivity (Wildman–Crippen MR) is 87.8 cm³/mol. The lowest BCUT2D eigenvalue weighted by molar-refractivity contribution is 0.551. The lowest BCUT2D eigenvalue weighted by atomic mass is 10.1. The second-order valence-electron chi connectivity index (χ2n) is 5.47. The van der Waals surface area contributed by atoms with Crippen molar-refractivity contribution in [2.24, 2.45) is 5.92 Å². The molecule has 5 heteroatoms. The van der Waals surface area contributed by atoms with Crippen LogP contribution in [0, 0.1) is 5.92 Å². The molecule has 1 aromatic carbocycles. The highest BCUT2D eigenvalue weighted by Gasteiger charge is 2.16. The van der Waals surface area contributed by atoms with Gasteiger partial charge in [0, 0.05) is 11.4 Å². The van der Waals surface area contributed by atoms with Gasteiger partial charge in [0.2, 0.25) is 10.0 Å². The molecule has 0 saturated heterocycles. The highest BCUT2D eigenvalue weighted by atomic mass is 79.9. The van der Waals surface area contributed by atoms with Crippen LogP contribution in [-0.2, 0) is 16.4 Å². The van der Waals surface area contributed by atoms with Gasteiger partial charge in [-0.1, -0.05) is 55.3 Å². The van der Waals surface area contributed by atoms with Gasteiger partial charge < -0.3 is 0 Å². The average Bonchev–Trinajstić information content (AvgIpc) is 2.37. The third-order valence-electron chi connectivity index (χ3n) is 2.99. The molecular formula is C15H24BrNO2S. The number of benzene rings is 1. The lowest BCUT2D eigenvalue weighted by Gasteiger charge is -2.13. The number of hydrogen-bond donors (Lipinski definition) is 1. The second-order valence-corrected chi connectivity index (χ2v) is 8.53. The zero-order chi connectivity index (χ0) is 15.2. The first kappa shape index (κ1) is 17.7. The van der Waals surface area contributed by atoms with Crippen molar-refractivity contribution in [1.29, 1.82) is 0 Å². The van der Waals surface area contributed by atoms with E-state index in [0.29, 0.717) is 17.4 Å². The molecule has 114 valence electrons. The van der Waals surface area contributed by atoms with Gasteiger partial charge in [0.25, 0.3) is 0 Å². The van der Waals surface area contributed by atoms with Crippen LogP contribution < -0.4 is 4.72 Å². The smallest absolute Gasteiger partial charge is 0.210 e. The van der Waals surface area contributed by atoms with E-state index in [1.165, 1.54) is 5.56 Å². The molecule has 0 aliphatic heterocycles. The van der Waals surface area contributed by atoms with Crippen LogP contribution in [0.15, 0.2) is 29.2 Å². The summed E-state index contributed by atoms with van der Waals surface area (Å²) in [5.41, 5.74) is 1.17. The fraction of sp³-hybridized carbons (Fsp3) is 0.600. The van der Waals surface area contributed by atoms with Crippen molar-refractivity contribution in [2.45, 2.75) is 49.8 Å². The van der Waals surface area contributed by atoms with Crippen LogP contribution in [0.4, 0.5) is 0 Å². The molecule has 20 heavy (non-hydrogen) atoms. The molecule has 0 heterocycles. The van der Waals surface area contributed by atoms with Crippen molar-refractivity contribution in [2.75, 3.05) is 6.54 Å². The second kappa shape index (κ2) is 8.15. The summed E-state index contributed by atoms with van der Waals surface area (Å²) >= 11 is 3.51. The average molecular weight is 362 g/mol. The molecule has 0 aliphatic carbocycles. The van der Waals surface area contributed by atoms with Gasteiger partial charge in [0.1, 0.15) is 0 Å². The van der Waals surface area contributed by atoms with Gasteiger partial charge in [-0.3, -0.25) is 0 Å². The van der Waals surface area contributed by atoms with E-state index in [-0.39, 0.29) is 4.83 Å². The van der Waals surface area contributed by atoms with Crippen molar-refractivity contribution in [3.05, 3.63) is 29.8 Å². The number of nitrogens with one attached hydrogen (secondary N) is 1. The Morgan fingerprint density at radius 3 is 2.30 bits per heavy atom. The van der Waals surface area contributed by atoms with E-state index in [1.54, 1.807) is 12.1 Å². The van der Waals surface area contributed by atoms with Crippen molar-refractivity contribution in [3.63, 3.8) is 0 Å². The van der Waals surface area contributed by atoms with Gasteiger partial charge in [-0.25, -0.2) is 13.1 Å². The minimum absolute atomic E-state index is 0.164. The summed E-state index contributed by atoms with van der Waals surface area (Å²) in [4.78, 5) is 0.498. The highest BCUT2D eigenvalue weighted by Crippen LogP contribution is 2.15. The van der Waals surface area contributed by atoms with Gasteiger partial charge in [0.15, 0.2) is 0 Å². The van der Waals surface area contributed by atoms with E-state index in [1.807, 2.05) is 12.1 Å². The Balaban J connectivity index is 2.64. The molecule has 0 aromatic heterocycles. The van der Waals surface area contributed by atoms with Crippen LogP contribution in [0.1, 0.15) is 39.2 Å². The number of alkyl halides is 1. The number of sulfonamides is 1. The fourth-order valence-corrected chi connectivity index (χ4v) is 4.21. The van der Waals surface area contributed by atoms with Crippen molar-refractivity contribution >= 4 is 26.0 Å². The van der Waals surface area contributed by atoms with Crippen molar-refractivity contribution < 1.29 is 8.42 Å². The Hall–Kier alpha value is -0.390. The molecule has 3 nitrogen and oxygen atoms in total. The van der Waals surface area contributed by atoms with E-state index in [9.17, 15) is 8.42 Å². The van der Waals surface area contributed by atoms with E-state index in [2.05, 4.69) is 41.4 Å². The summed E-state index contributed by atoms with van der Waals surface area (Å²) < 4.78 is 27.0. The Morgan fingerprint density at radius 2 is 1.80 bits per heavy atom. The zero-order valence-electron chi connectivity index (χ0n) is 12.4. The first-order valence-electron chi connectivity index (χ1n) is 7.07. The third-order valence-corrected chi connectivity index (χ3v) is 5.13. The summed E-state index contributed by atoms with van der Waals surface area (Å²) in [6, 6.07) is 7.13. The number of hydrogen-bond acceptors (Lipinski definition) is 2. The summed E-state index contributed by atoms with van der Waals surface area (Å²) in [5.74, 6) is 0.539. The maximum atomic E-state index is 12.2. The summed E-state index contributed by atoms with van der Waals surface area (Å²) in [6.45, 7) is 6.76. The first-order chi connectivity index (χ1) is 9.35. The molecule has 0 saturated carbocycles. The lowest BCUT2D eigenvalue weighted by Crippen LogP contribution is -2.30. The minimum Gasteiger partial charge on any atom is -0.210 e. The summed E-state index contributed by atoms with van der Waals surface area (Å²) in [6.07, 6.45) is 2.98. The molecule has 1 N–H and O–H groups in total. The Bertz CT molecular complexity index is 497. The summed E-state index contributed by atoms with van der Waals surface area (Å²) in [7, 11) is -3.40. The maximum absolute atomic E-state index is 12.2. The van der Waals surface area contributed by atoms with Gasteiger partial charge in [-0.15, -0.1) is 0 Å². The van der Waals surface area contributed by atoms with Gasteiger partial charge in [0.05, 0.1) is 4.90 Å². The fourth-order valence-electron chi connectivity index (χ4n) is 2.00. The molecule has 0 aliphatic rings. The zero-order valence-corrected chi connectivity index (χ0v) is 14.8. The first-order valence-corrected chi connectivity index (χ1v) is 9.47. The van der Waals surface area contributed by atoms with E-state index in [4.69, 9.17) is 0 Å². The van der Waals surface area contributed by atoms with Crippen molar-refractivity contribution in [1.82, 2.24) is 4.72 Å². The quantitative estimate of drug-likeness (QED) is 0.717. The minimum atomic E-state index is -3.40. The van der Waals surface area contributed by atoms with Crippen LogP contribution in [0.2, 0.25) is 0 Å². The Labute approximate surface area is 131 Å². The summed E-state index contributed by atoms with van der Waals surface area (Å²) in [5, 5.41) is 0. The number of halogens is 1. The molecule has 1 unspecified atom stereocenters. The maximum Gasteiger partial charge on any atom is 0.240 e. The normalized spacial score (nSPS) is 13.7. The molecule has 1 aromatic rings. The predicted octanol–water partition coefficient (Wildman–Crippen LogP) is 3.73. The van der Waals surface area contributed by atoms with E-state index >= 15 is 0 Å². The standard InChI is InChI=1S/C15H24BrNO2S/c1-4-5-13-6-8-15(9-7-13)20(18,19)17-11-14(16)10-12(2)3/h6-9,12,14,17H,4-5,10-11H2,1-3H3. The molecule has 0 spiro atoms. The largest absolute Gasteiger partial charge is 0.240 e. The molecule has 1 rings (SSSR count). The Kier molecular flexibility index (Phi) is 7.20. The molecule has 0 radical (unpaired) electrons. The number of aryl methyl sites for hydroxylation is 1.